The lowest BCUT2D eigenvalue weighted by Crippen LogP contribution is -2.10. The fourth-order valence-electron chi connectivity index (χ4n) is 2.54. The molecule has 0 amide bonds. The standard InChI is InChI=1S/C21H28O6/c1-4-6-7-8-9-10-11-12-17-13-14-19(22)18(15-17)16(3)21(24)26-27-25-20(23)5-2/h5,13-15,22H,2-4,6-12H2,1H3. The number of hydrogen-bond donors (Lipinski definition) is 1. The molecule has 148 valence electrons. The van der Waals surface area contributed by atoms with Crippen LogP contribution < -0.4 is 0 Å². The minimum Gasteiger partial charge on any atom is -0.507 e. The quantitative estimate of drug-likeness (QED) is 0.230. The van der Waals surface area contributed by atoms with Gasteiger partial charge in [-0.1, -0.05) is 64.7 Å². The molecule has 0 atom stereocenters. The first-order valence-electron chi connectivity index (χ1n) is 9.22. The van der Waals surface area contributed by atoms with Gasteiger partial charge >= 0.3 is 11.9 Å². The van der Waals surface area contributed by atoms with Crippen molar-refractivity contribution in [3.8, 4) is 5.75 Å². The van der Waals surface area contributed by atoms with Crippen LogP contribution in [0.4, 0.5) is 0 Å². The molecule has 1 N–H and O–H groups in total. The van der Waals surface area contributed by atoms with Gasteiger partial charge in [0.25, 0.3) is 0 Å². The van der Waals surface area contributed by atoms with Crippen molar-refractivity contribution >= 4 is 17.5 Å². The Hall–Kier alpha value is -2.60. The van der Waals surface area contributed by atoms with E-state index in [-0.39, 0.29) is 16.9 Å². The summed E-state index contributed by atoms with van der Waals surface area (Å²) in [7, 11) is 0. The van der Waals surface area contributed by atoms with Crippen LogP contribution >= 0.6 is 0 Å². The molecule has 6 heteroatoms. The maximum absolute atomic E-state index is 11.9. The van der Waals surface area contributed by atoms with Crippen LogP contribution in [0.5, 0.6) is 5.75 Å². The fraction of sp³-hybridized carbons (Fsp3) is 0.429. The number of rotatable bonds is 13. The van der Waals surface area contributed by atoms with Gasteiger partial charge in [-0.15, -0.1) is 0 Å². The van der Waals surface area contributed by atoms with Crippen LogP contribution in [0, 0.1) is 0 Å². The van der Waals surface area contributed by atoms with Gasteiger partial charge in [0.15, 0.2) is 0 Å². The van der Waals surface area contributed by atoms with Crippen molar-refractivity contribution in [3.63, 3.8) is 0 Å². The molecule has 0 aromatic heterocycles. The van der Waals surface area contributed by atoms with Crippen molar-refractivity contribution in [2.45, 2.75) is 58.3 Å². The highest BCUT2D eigenvalue weighted by molar-refractivity contribution is 6.16. The van der Waals surface area contributed by atoms with Crippen LogP contribution in [0.3, 0.4) is 0 Å². The summed E-state index contributed by atoms with van der Waals surface area (Å²) in [4.78, 5) is 31.1. The van der Waals surface area contributed by atoms with Crippen LogP contribution in [0.25, 0.3) is 5.57 Å². The van der Waals surface area contributed by atoms with Crippen LogP contribution in [0.1, 0.15) is 63.0 Å². The molecule has 0 aliphatic rings. The van der Waals surface area contributed by atoms with Gasteiger partial charge in [0.05, 0.1) is 5.57 Å². The number of phenols is 1. The van der Waals surface area contributed by atoms with E-state index in [0.29, 0.717) is 0 Å². The molecule has 0 spiro atoms. The zero-order chi connectivity index (χ0) is 20.1. The first-order chi connectivity index (χ1) is 13.0. The third-order valence-electron chi connectivity index (χ3n) is 4.09. The predicted octanol–water partition coefficient (Wildman–Crippen LogP) is 4.82. The van der Waals surface area contributed by atoms with Crippen molar-refractivity contribution in [2.75, 3.05) is 0 Å². The highest BCUT2D eigenvalue weighted by Gasteiger charge is 2.17. The number of aryl methyl sites for hydroxylation is 1. The molecule has 0 aliphatic heterocycles. The molecule has 0 saturated carbocycles. The number of hydrogen-bond acceptors (Lipinski definition) is 6. The highest BCUT2D eigenvalue weighted by Crippen LogP contribution is 2.27. The summed E-state index contributed by atoms with van der Waals surface area (Å²) in [6.45, 7) is 8.97. The number of unbranched alkanes of at least 4 members (excludes halogenated alkanes) is 6. The molecule has 0 heterocycles. The van der Waals surface area contributed by atoms with Crippen molar-refractivity contribution in [2.24, 2.45) is 0 Å². The van der Waals surface area contributed by atoms with Crippen LogP contribution in [-0.2, 0) is 30.8 Å². The van der Waals surface area contributed by atoms with E-state index < -0.39 is 11.9 Å². The Labute approximate surface area is 160 Å². The van der Waals surface area contributed by atoms with Gasteiger partial charge in [0.2, 0.25) is 0 Å². The Kier molecular flexibility index (Phi) is 10.6. The molecule has 0 saturated heterocycles. The predicted molar refractivity (Wildman–Crippen MR) is 102 cm³/mol. The van der Waals surface area contributed by atoms with Crippen molar-refractivity contribution < 1.29 is 29.5 Å². The first kappa shape index (κ1) is 22.4. The number of carbonyl (C=O) groups excluding carboxylic acids is 2. The van der Waals surface area contributed by atoms with E-state index in [0.717, 1.165) is 30.9 Å². The molecule has 0 radical (unpaired) electrons. The maximum atomic E-state index is 11.9. The molecule has 6 nitrogen and oxygen atoms in total. The average Bonchev–Trinajstić information content (AvgIpc) is 2.67. The normalized spacial score (nSPS) is 10.3. The Bertz CT molecular complexity index is 650. The largest absolute Gasteiger partial charge is 0.507 e. The summed E-state index contributed by atoms with van der Waals surface area (Å²) in [6.07, 6.45) is 10.2. The molecule has 0 unspecified atom stereocenters. The van der Waals surface area contributed by atoms with E-state index in [1.807, 2.05) is 6.07 Å². The number of benzene rings is 1. The van der Waals surface area contributed by atoms with Crippen LogP contribution in [-0.4, -0.2) is 17.0 Å². The Morgan fingerprint density at radius 2 is 1.74 bits per heavy atom. The maximum Gasteiger partial charge on any atom is 0.377 e. The summed E-state index contributed by atoms with van der Waals surface area (Å²) in [5.41, 5.74) is 1.13. The molecular weight excluding hydrogens is 348 g/mol. The Balaban J connectivity index is 2.51. The minimum absolute atomic E-state index is 0.0941. The fourth-order valence-corrected chi connectivity index (χ4v) is 2.54. The first-order valence-corrected chi connectivity index (χ1v) is 9.22. The van der Waals surface area contributed by atoms with E-state index in [4.69, 9.17) is 0 Å². The van der Waals surface area contributed by atoms with Crippen molar-refractivity contribution in [1.82, 2.24) is 0 Å². The van der Waals surface area contributed by atoms with Gasteiger partial charge in [-0.2, -0.15) is 0 Å². The average molecular weight is 376 g/mol. The molecule has 1 aromatic rings. The van der Waals surface area contributed by atoms with Gasteiger partial charge in [0.1, 0.15) is 5.75 Å². The monoisotopic (exact) mass is 376 g/mol. The summed E-state index contributed by atoms with van der Waals surface area (Å²) < 4.78 is 0. The second-order valence-corrected chi connectivity index (χ2v) is 6.25. The van der Waals surface area contributed by atoms with E-state index in [2.05, 4.69) is 34.9 Å². The SMILES string of the molecule is C=CC(=O)OOOC(=O)C(=C)c1cc(CCCCCCCCC)ccc1O. The van der Waals surface area contributed by atoms with E-state index in [1.165, 1.54) is 38.2 Å². The Morgan fingerprint density at radius 1 is 1.07 bits per heavy atom. The zero-order valence-corrected chi connectivity index (χ0v) is 15.9. The van der Waals surface area contributed by atoms with Gasteiger partial charge in [-0.3, -0.25) is 9.78 Å². The van der Waals surface area contributed by atoms with Crippen LogP contribution in [0.2, 0.25) is 0 Å². The molecule has 0 fully saturated rings. The van der Waals surface area contributed by atoms with Crippen LogP contribution in [0.15, 0.2) is 37.4 Å². The number of carbonyl (C=O) groups is 2. The number of phenolic OH excluding ortho intramolecular Hbond substituents is 1. The molecular formula is C21H28O6. The molecule has 0 aliphatic carbocycles. The second kappa shape index (κ2) is 12.7. The van der Waals surface area contributed by atoms with Crippen molar-refractivity contribution in [3.05, 3.63) is 48.6 Å². The van der Waals surface area contributed by atoms with Gasteiger partial charge in [-0.05, 0) is 30.5 Å². The lowest BCUT2D eigenvalue weighted by atomic mass is 9.99. The van der Waals surface area contributed by atoms with Gasteiger partial charge in [0, 0.05) is 16.7 Å². The third-order valence-corrected chi connectivity index (χ3v) is 4.09. The van der Waals surface area contributed by atoms with E-state index in [1.54, 1.807) is 6.07 Å². The smallest absolute Gasteiger partial charge is 0.377 e. The van der Waals surface area contributed by atoms with Gasteiger partial charge < -0.3 is 5.11 Å². The topological polar surface area (TPSA) is 82.1 Å². The molecule has 1 rings (SSSR count). The summed E-state index contributed by atoms with van der Waals surface area (Å²) >= 11 is 0. The summed E-state index contributed by atoms with van der Waals surface area (Å²) in [5, 5.41) is 14.1. The third kappa shape index (κ3) is 8.55. The van der Waals surface area contributed by atoms with Crippen molar-refractivity contribution in [1.29, 1.82) is 0 Å². The number of aromatic hydroxyl groups is 1. The highest BCUT2D eigenvalue weighted by atomic mass is 17.5. The Morgan fingerprint density at radius 3 is 2.41 bits per heavy atom. The molecule has 27 heavy (non-hydrogen) atoms. The lowest BCUT2D eigenvalue weighted by molar-refractivity contribution is -0.455. The second-order valence-electron chi connectivity index (χ2n) is 6.25. The van der Waals surface area contributed by atoms with Gasteiger partial charge in [-0.25, -0.2) is 9.59 Å². The summed E-state index contributed by atoms with van der Waals surface area (Å²) in [5.74, 6) is -1.98. The van der Waals surface area contributed by atoms with E-state index in [9.17, 15) is 14.7 Å². The zero-order valence-electron chi connectivity index (χ0n) is 15.9. The molecule has 0 bridgehead atoms. The summed E-state index contributed by atoms with van der Waals surface area (Å²) in [6, 6.07) is 5.03. The lowest BCUT2D eigenvalue weighted by Gasteiger charge is -2.09. The molecule has 1 aromatic carbocycles. The van der Waals surface area contributed by atoms with E-state index >= 15 is 0 Å². The minimum atomic E-state index is -0.977.